The van der Waals surface area contributed by atoms with Crippen LogP contribution in [0.1, 0.15) is 25.7 Å². The predicted octanol–water partition coefficient (Wildman–Crippen LogP) is 3.23. The van der Waals surface area contributed by atoms with Gasteiger partial charge in [0.25, 0.3) is 0 Å². The van der Waals surface area contributed by atoms with Gasteiger partial charge in [0.05, 0.1) is 12.4 Å². The largest absolute Gasteiger partial charge is 0.368 e. The topological polar surface area (TPSA) is 125 Å². The van der Waals surface area contributed by atoms with E-state index in [4.69, 9.17) is 0 Å². The second kappa shape index (κ2) is 8.35. The Balaban J connectivity index is 1.49. The molecule has 4 aromatic heterocycles. The quantitative estimate of drug-likeness (QED) is 0.323. The predicted molar refractivity (Wildman–Crippen MR) is 124 cm³/mol. The highest BCUT2D eigenvalue weighted by Crippen LogP contribution is 2.47. The Morgan fingerprint density at radius 3 is 2.60 bits per heavy atom. The number of hydrogen-bond acceptors (Lipinski definition) is 7. The van der Waals surface area contributed by atoms with E-state index in [0.29, 0.717) is 22.2 Å². The zero-order chi connectivity index (χ0) is 24.3. The summed E-state index contributed by atoms with van der Waals surface area (Å²) in [5, 5.41) is 28.1. The number of aromatic amines is 1. The fourth-order valence-electron chi connectivity index (χ4n) is 5.86. The summed E-state index contributed by atoms with van der Waals surface area (Å²) in [6.07, 6.45) is 8.11. The van der Waals surface area contributed by atoms with E-state index in [9.17, 15) is 14.6 Å². The van der Waals surface area contributed by atoms with E-state index in [0.717, 1.165) is 31.9 Å². The van der Waals surface area contributed by atoms with E-state index in [1.54, 1.807) is 24.1 Å². The van der Waals surface area contributed by atoms with Crippen LogP contribution in [-0.2, 0) is 7.05 Å². The number of aliphatic hydroxyl groups is 2. The molecule has 11 heteroatoms. The van der Waals surface area contributed by atoms with Crippen LogP contribution in [0.5, 0.6) is 0 Å². The Hall–Kier alpha value is -3.44. The third-order valence-electron chi connectivity index (χ3n) is 7.50. The maximum Gasteiger partial charge on any atom is 0.191 e. The highest BCUT2D eigenvalue weighted by atomic mass is 19.1. The van der Waals surface area contributed by atoms with Gasteiger partial charge in [0.2, 0.25) is 0 Å². The van der Waals surface area contributed by atoms with Crippen LogP contribution in [0.15, 0.2) is 30.9 Å². The molecule has 0 aromatic carbocycles. The lowest BCUT2D eigenvalue weighted by Gasteiger charge is -2.49. The normalized spacial score (nSPS) is 23.9. The molecule has 3 aliphatic carbocycles. The molecule has 0 aliphatic heterocycles. The number of aryl methyl sites for hydroxylation is 1. The minimum Gasteiger partial charge on any atom is -0.368 e. The molecule has 3 saturated carbocycles. The second-order valence-electron chi connectivity index (χ2n) is 9.55. The van der Waals surface area contributed by atoms with Gasteiger partial charge in [0.1, 0.15) is 17.2 Å². The van der Waals surface area contributed by atoms with Crippen LogP contribution >= 0.6 is 0 Å². The first-order valence-corrected chi connectivity index (χ1v) is 11.7. The molecular weight excluding hydrogens is 456 g/mol. The first kappa shape index (κ1) is 22.1. The molecule has 0 amide bonds. The third-order valence-corrected chi connectivity index (χ3v) is 7.50. The summed E-state index contributed by atoms with van der Waals surface area (Å²) in [5.41, 5.74) is 1.44. The minimum absolute atomic E-state index is 0.0317. The van der Waals surface area contributed by atoms with E-state index < -0.39 is 23.8 Å². The van der Waals surface area contributed by atoms with Crippen molar-refractivity contribution in [1.29, 1.82) is 0 Å². The van der Waals surface area contributed by atoms with Crippen molar-refractivity contribution in [2.75, 3.05) is 5.32 Å². The number of rotatable bonds is 5. The molecule has 0 saturated heterocycles. The fourth-order valence-corrected chi connectivity index (χ4v) is 5.86. The van der Waals surface area contributed by atoms with Crippen molar-refractivity contribution < 1.29 is 19.0 Å². The summed E-state index contributed by atoms with van der Waals surface area (Å²) in [5.74, 6) is -1.10. The number of aliphatic hydroxyl groups excluding tert-OH is 1. The molecular formula is C24H25F2N7O2. The van der Waals surface area contributed by atoms with Gasteiger partial charge in [0.15, 0.2) is 23.7 Å². The van der Waals surface area contributed by atoms with E-state index in [1.807, 2.05) is 0 Å². The van der Waals surface area contributed by atoms with Gasteiger partial charge in [-0.2, -0.15) is 5.10 Å². The number of aromatic nitrogens is 6. The molecule has 4 heterocycles. The van der Waals surface area contributed by atoms with Gasteiger partial charge >= 0.3 is 0 Å². The Kier molecular flexibility index (Phi) is 5.26. The molecule has 7 rings (SSSR count). The van der Waals surface area contributed by atoms with Crippen LogP contribution in [0.2, 0.25) is 0 Å². The first-order valence-electron chi connectivity index (χ1n) is 11.7. The maximum atomic E-state index is 15.9. The van der Waals surface area contributed by atoms with Crippen LogP contribution < -0.4 is 5.32 Å². The van der Waals surface area contributed by atoms with E-state index in [2.05, 4.69) is 30.4 Å². The highest BCUT2D eigenvalue weighted by molar-refractivity contribution is 5.92. The van der Waals surface area contributed by atoms with Gasteiger partial charge in [-0.15, -0.1) is 0 Å². The fraction of sp³-hybridized carbons (Fsp3) is 0.417. The summed E-state index contributed by atoms with van der Waals surface area (Å²) in [6.45, 7) is 0. The van der Waals surface area contributed by atoms with Crippen molar-refractivity contribution >= 4 is 16.9 Å². The van der Waals surface area contributed by atoms with Crippen LogP contribution in [0, 0.1) is 29.4 Å². The summed E-state index contributed by atoms with van der Waals surface area (Å²) in [7, 11) is 1.72. The molecule has 4 N–H and O–H groups in total. The van der Waals surface area contributed by atoms with Gasteiger partial charge in [-0.05, 0) is 43.6 Å². The standard InChI is InChI=1S/C24H25F2N7O2/c1-33-10-13(7-29-33)20-18(26)23(30-19-12-4-2-11(3-5-12)17(19)24(34)35)32-22(31-20)16-9-28-21-15(16)6-14(25)8-27-21/h6-12,17,19,24,34-35H,2-5H2,1H3,(H,27,28)(H,30,31,32)/t11?,12?,17-,19-/m0/s1. The zero-order valence-corrected chi connectivity index (χ0v) is 19.0. The molecule has 35 heavy (non-hydrogen) atoms. The minimum atomic E-state index is -1.51. The monoisotopic (exact) mass is 481 g/mol. The van der Waals surface area contributed by atoms with Crippen molar-refractivity contribution in [3.8, 4) is 22.6 Å². The van der Waals surface area contributed by atoms with Gasteiger partial charge in [-0.25, -0.2) is 23.7 Å². The number of H-pyrrole nitrogens is 1. The van der Waals surface area contributed by atoms with E-state index >= 15 is 4.39 Å². The average molecular weight is 482 g/mol. The van der Waals surface area contributed by atoms with Crippen molar-refractivity contribution in [3.63, 3.8) is 0 Å². The number of hydrogen-bond donors (Lipinski definition) is 4. The lowest BCUT2D eigenvalue weighted by Crippen LogP contribution is -2.53. The third kappa shape index (κ3) is 3.75. The molecule has 9 nitrogen and oxygen atoms in total. The molecule has 0 spiro atoms. The number of fused-ring (bicyclic) bond motifs is 4. The molecule has 3 fully saturated rings. The van der Waals surface area contributed by atoms with E-state index in [1.165, 1.54) is 12.3 Å². The summed E-state index contributed by atoms with van der Waals surface area (Å²) in [4.78, 5) is 16.0. The molecule has 0 unspecified atom stereocenters. The summed E-state index contributed by atoms with van der Waals surface area (Å²) in [6, 6.07) is 0.985. The van der Waals surface area contributed by atoms with Gasteiger partial charge in [-0.3, -0.25) is 4.68 Å². The molecule has 2 bridgehead atoms. The summed E-state index contributed by atoms with van der Waals surface area (Å²) >= 11 is 0. The van der Waals surface area contributed by atoms with Crippen molar-refractivity contribution in [3.05, 3.63) is 42.5 Å². The highest BCUT2D eigenvalue weighted by Gasteiger charge is 2.47. The second-order valence-corrected chi connectivity index (χ2v) is 9.55. The molecule has 4 aromatic rings. The average Bonchev–Trinajstić information content (AvgIpc) is 3.46. The molecule has 3 aliphatic rings. The summed E-state index contributed by atoms with van der Waals surface area (Å²) < 4.78 is 31.4. The van der Waals surface area contributed by atoms with Gasteiger partial charge in [-0.1, -0.05) is 0 Å². The van der Waals surface area contributed by atoms with Crippen molar-refractivity contribution in [1.82, 2.24) is 29.7 Å². The number of halogens is 2. The van der Waals surface area contributed by atoms with E-state index in [-0.39, 0.29) is 35.2 Å². The van der Waals surface area contributed by atoms with Crippen molar-refractivity contribution in [2.45, 2.75) is 38.0 Å². The lowest BCUT2D eigenvalue weighted by molar-refractivity contribution is -0.133. The van der Waals surface area contributed by atoms with Gasteiger partial charge in [0, 0.05) is 47.9 Å². The van der Waals surface area contributed by atoms with Crippen molar-refractivity contribution in [2.24, 2.45) is 24.8 Å². The Labute approximate surface area is 199 Å². The zero-order valence-electron chi connectivity index (χ0n) is 19.0. The number of nitrogens with one attached hydrogen (secondary N) is 2. The Morgan fingerprint density at radius 2 is 1.89 bits per heavy atom. The van der Waals surface area contributed by atoms with Gasteiger partial charge < -0.3 is 20.5 Å². The number of nitrogens with zero attached hydrogens (tertiary/aromatic N) is 5. The molecule has 0 radical (unpaired) electrons. The van der Waals surface area contributed by atoms with Crippen LogP contribution in [-0.4, -0.2) is 52.3 Å². The SMILES string of the molecule is Cn1cc(-c2nc(-c3c[nH]c4ncc(F)cc34)nc(N[C@H]3C4CCC(CC4)[C@@H]3C(O)O)c2F)cn1. The maximum absolute atomic E-state index is 15.9. The molecule has 2 atom stereocenters. The van der Waals surface area contributed by atoms with Crippen LogP contribution in [0.4, 0.5) is 14.6 Å². The van der Waals surface area contributed by atoms with Crippen LogP contribution in [0.3, 0.4) is 0 Å². The Morgan fingerprint density at radius 1 is 1.11 bits per heavy atom. The smallest absolute Gasteiger partial charge is 0.191 e. The number of pyridine rings is 1. The Bertz CT molecular complexity index is 1390. The number of anilines is 1. The van der Waals surface area contributed by atoms with Crippen LogP contribution in [0.25, 0.3) is 33.7 Å². The molecule has 182 valence electrons. The lowest BCUT2D eigenvalue weighted by atomic mass is 9.61. The first-order chi connectivity index (χ1) is 16.9.